The fourth-order valence-corrected chi connectivity index (χ4v) is 4.38. The number of para-hydroxylation sites is 2. The number of aromatic nitrogens is 4. The highest BCUT2D eigenvalue weighted by Crippen LogP contribution is 2.37. The fourth-order valence-electron chi connectivity index (χ4n) is 3.27. The van der Waals surface area contributed by atoms with Crippen molar-refractivity contribution in [2.75, 3.05) is 11.5 Å². The summed E-state index contributed by atoms with van der Waals surface area (Å²) in [6.45, 7) is 6.13. The van der Waals surface area contributed by atoms with Gasteiger partial charge in [-0.05, 0) is 39.0 Å². The lowest BCUT2D eigenvalue weighted by Gasteiger charge is -2.18. The van der Waals surface area contributed by atoms with Gasteiger partial charge in [-0.1, -0.05) is 23.9 Å². The van der Waals surface area contributed by atoms with Crippen molar-refractivity contribution in [2.24, 2.45) is 0 Å². The van der Waals surface area contributed by atoms with Crippen LogP contribution in [0.25, 0.3) is 5.78 Å². The second-order valence-corrected chi connectivity index (χ2v) is 7.61. The SMILES string of the molecule is CCOc1ccccc1N1C(=O)CC(Sc2nnc3nc(C)cc(C)n23)C1=O. The highest BCUT2D eigenvalue weighted by Gasteiger charge is 2.42. The van der Waals surface area contributed by atoms with E-state index >= 15 is 0 Å². The zero-order chi connectivity index (χ0) is 19.8. The molecule has 0 bridgehead atoms. The number of rotatable bonds is 5. The van der Waals surface area contributed by atoms with Gasteiger partial charge in [0.1, 0.15) is 11.0 Å². The van der Waals surface area contributed by atoms with Crippen molar-refractivity contribution in [2.45, 2.75) is 37.6 Å². The molecule has 3 aromatic rings. The van der Waals surface area contributed by atoms with Crippen LogP contribution in [0.5, 0.6) is 5.75 Å². The van der Waals surface area contributed by atoms with E-state index in [-0.39, 0.29) is 18.2 Å². The molecule has 1 aliphatic heterocycles. The first-order chi connectivity index (χ1) is 13.5. The Bertz CT molecular complexity index is 1080. The van der Waals surface area contributed by atoms with E-state index in [0.29, 0.717) is 29.0 Å². The van der Waals surface area contributed by atoms with Gasteiger partial charge < -0.3 is 4.74 Å². The molecule has 144 valence electrons. The van der Waals surface area contributed by atoms with Crippen molar-refractivity contribution >= 4 is 35.0 Å². The van der Waals surface area contributed by atoms with Gasteiger partial charge in [-0.15, -0.1) is 10.2 Å². The Labute approximate surface area is 165 Å². The monoisotopic (exact) mass is 397 g/mol. The van der Waals surface area contributed by atoms with Gasteiger partial charge in [0.2, 0.25) is 11.8 Å². The average molecular weight is 397 g/mol. The van der Waals surface area contributed by atoms with E-state index in [1.165, 1.54) is 16.7 Å². The van der Waals surface area contributed by atoms with Crippen molar-refractivity contribution < 1.29 is 14.3 Å². The van der Waals surface area contributed by atoms with Crippen LogP contribution in [-0.2, 0) is 9.59 Å². The second kappa shape index (κ2) is 7.23. The predicted molar refractivity (Wildman–Crippen MR) is 105 cm³/mol. The van der Waals surface area contributed by atoms with Gasteiger partial charge in [0.15, 0.2) is 5.16 Å². The third kappa shape index (κ3) is 3.11. The summed E-state index contributed by atoms with van der Waals surface area (Å²) in [5.74, 6) is 0.460. The molecule has 0 saturated carbocycles. The number of hydrogen-bond acceptors (Lipinski definition) is 7. The lowest BCUT2D eigenvalue weighted by atomic mass is 10.2. The molecule has 0 radical (unpaired) electrons. The van der Waals surface area contributed by atoms with E-state index in [1.54, 1.807) is 22.6 Å². The van der Waals surface area contributed by atoms with Gasteiger partial charge in [-0.3, -0.25) is 14.0 Å². The summed E-state index contributed by atoms with van der Waals surface area (Å²) < 4.78 is 7.38. The van der Waals surface area contributed by atoms with Gasteiger partial charge in [0.05, 0.1) is 12.3 Å². The molecular formula is C19H19N5O3S. The summed E-state index contributed by atoms with van der Waals surface area (Å²) in [5.41, 5.74) is 2.24. The third-order valence-corrected chi connectivity index (χ3v) is 5.55. The normalized spacial score (nSPS) is 17.0. The first-order valence-electron chi connectivity index (χ1n) is 8.94. The van der Waals surface area contributed by atoms with E-state index < -0.39 is 5.25 Å². The van der Waals surface area contributed by atoms with Gasteiger partial charge in [-0.25, -0.2) is 9.88 Å². The second-order valence-electron chi connectivity index (χ2n) is 6.44. The molecule has 1 saturated heterocycles. The molecule has 1 fully saturated rings. The van der Waals surface area contributed by atoms with E-state index in [2.05, 4.69) is 15.2 Å². The van der Waals surface area contributed by atoms with Crippen molar-refractivity contribution in [3.63, 3.8) is 0 Å². The van der Waals surface area contributed by atoms with Crippen LogP contribution in [0.15, 0.2) is 35.5 Å². The van der Waals surface area contributed by atoms with E-state index in [0.717, 1.165) is 11.4 Å². The number of anilines is 1. The Balaban J connectivity index is 1.64. The van der Waals surface area contributed by atoms with Crippen molar-refractivity contribution in [3.05, 3.63) is 41.7 Å². The number of carbonyl (C=O) groups excluding carboxylic acids is 2. The van der Waals surface area contributed by atoms with Gasteiger partial charge in [0.25, 0.3) is 5.78 Å². The van der Waals surface area contributed by atoms with E-state index in [4.69, 9.17) is 4.74 Å². The number of nitrogens with zero attached hydrogens (tertiary/aromatic N) is 5. The van der Waals surface area contributed by atoms with Crippen molar-refractivity contribution in [1.29, 1.82) is 0 Å². The lowest BCUT2D eigenvalue weighted by molar-refractivity contribution is -0.121. The highest BCUT2D eigenvalue weighted by atomic mass is 32.2. The zero-order valence-electron chi connectivity index (χ0n) is 15.7. The minimum Gasteiger partial charge on any atom is -0.492 e. The molecule has 9 heteroatoms. The highest BCUT2D eigenvalue weighted by molar-refractivity contribution is 8.00. The Morgan fingerprint density at radius 3 is 2.79 bits per heavy atom. The molecule has 0 aliphatic carbocycles. The van der Waals surface area contributed by atoms with Crippen LogP contribution in [0.1, 0.15) is 24.7 Å². The number of hydrogen-bond donors (Lipinski definition) is 0. The molecule has 1 atom stereocenters. The molecule has 28 heavy (non-hydrogen) atoms. The van der Waals surface area contributed by atoms with Crippen LogP contribution in [0.4, 0.5) is 5.69 Å². The number of benzene rings is 1. The summed E-state index contributed by atoms with van der Waals surface area (Å²) in [6.07, 6.45) is 0.0945. The minimum absolute atomic E-state index is 0.0945. The molecule has 8 nitrogen and oxygen atoms in total. The maximum Gasteiger partial charge on any atom is 0.256 e. The molecule has 3 heterocycles. The molecule has 1 aromatic carbocycles. The Hall–Kier alpha value is -2.94. The summed E-state index contributed by atoms with van der Waals surface area (Å²) in [4.78, 5) is 31.2. The van der Waals surface area contributed by atoms with Gasteiger partial charge in [-0.2, -0.15) is 0 Å². The lowest BCUT2D eigenvalue weighted by Crippen LogP contribution is -2.31. The maximum absolute atomic E-state index is 13.0. The number of amides is 2. The van der Waals surface area contributed by atoms with Crippen LogP contribution in [-0.4, -0.2) is 43.3 Å². The van der Waals surface area contributed by atoms with Crippen LogP contribution in [0.2, 0.25) is 0 Å². The molecule has 0 N–H and O–H groups in total. The summed E-state index contributed by atoms with van der Waals surface area (Å²) in [5, 5.41) is 8.24. The van der Waals surface area contributed by atoms with E-state index in [1.807, 2.05) is 32.9 Å². The van der Waals surface area contributed by atoms with Gasteiger partial charge in [0, 0.05) is 17.8 Å². The first-order valence-corrected chi connectivity index (χ1v) is 9.82. The summed E-state index contributed by atoms with van der Waals surface area (Å²) >= 11 is 1.23. The molecule has 4 rings (SSSR count). The van der Waals surface area contributed by atoms with Crippen LogP contribution in [0, 0.1) is 13.8 Å². The molecule has 2 amide bonds. The minimum atomic E-state index is -0.574. The van der Waals surface area contributed by atoms with Crippen LogP contribution in [0.3, 0.4) is 0 Å². The number of fused-ring (bicyclic) bond motifs is 1. The quantitative estimate of drug-likeness (QED) is 0.611. The maximum atomic E-state index is 13.0. The first kappa shape index (κ1) is 18.4. The zero-order valence-corrected chi connectivity index (χ0v) is 16.6. The largest absolute Gasteiger partial charge is 0.492 e. The Morgan fingerprint density at radius 2 is 2.00 bits per heavy atom. The third-order valence-electron chi connectivity index (χ3n) is 4.42. The Kier molecular flexibility index (Phi) is 4.76. The smallest absolute Gasteiger partial charge is 0.256 e. The topological polar surface area (TPSA) is 89.7 Å². The number of ether oxygens (including phenoxy) is 1. The number of carbonyl (C=O) groups is 2. The standard InChI is InChI=1S/C19H19N5O3S/c1-4-27-14-8-6-5-7-13(14)24-16(25)10-15(17(24)26)28-19-22-21-18-20-11(2)9-12(3)23(18)19/h5-9,15H,4,10H2,1-3H3. The summed E-state index contributed by atoms with van der Waals surface area (Å²) in [7, 11) is 0. The van der Waals surface area contributed by atoms with Crippen LogP contribution < -0.4 is 9.64 Å². The van der Waals surface area contributed by atoms with Crippen molar-refractivity contribution in [3.8, 4) is 5.75 Å². The van der Waals surface area contributed by atoms with Gasteiger partial charge >= 0.3 is 0 Å². The number of thioether (sulfide) groups is 1. The fraction of sp³-hybridized carbons (Fsp3) is 0.316. The average Bonchev–Trinajstić information content (AvgIpc) is 3.17. The van der Waals surface area contributed by atoms with E-state index in [9.17, 15) is 9.59 Å². The molecular weight excluding hydrogens is 378 g/mol. The van der Waals surface area contributed by atoms with Crippen LogP contribution >= 0.6 is 11.8 Å². The van der Waals surface area contributed by atoms with Crippen molar-refractivity contribution in [1.82, 2.24) is 19.6 Å². The Morgan fingerprint density at radius 1 is 1.21 bits per heavy atom. The number of imide groups is 1. The predicted octanol–water partition coefficient (Wildman–Crippen LogP) is 2.56. The molecule has 2 aromatic heterocycles. The molecule has 1 aliphatic rings. The molecule has 0 spiro atoms. The summed E-state index contributed by atoms with van der Waals surface area (Å²) in [6, 6.07) is 8.99. The number of aryl methyl sites for hydroxylation is 2. The molecule has 1 unspecified atom stereocenters.